The van der Waals surface area contributed by atoms with Gasteiger partial charge in [-0.25, -0.2) is 0 Å². The maximum absolute atomic E-state index is 10.8. The second-order valence-corrected chi connectivity index (χ2v) is 4.79. The first kappa shape index (κ1) is 20.7. The molecule has 1 aromatic rings. The van der Waals surface area contributed by atoms with Crippen molar-refractivity contribution in [2.45, 2.75) is 6.54 Å². The number of hydrogen-bond acceptors (Lipinski definition) is 5. The molecule has 0 bridgehead atoms. The van der Waals surface area contributed by atoms with Crippen LogP contribution in [0, 0.1) is 5.41 Å². The third kappa shape index (κ3) is 5.17. The molecule has 0 aromatic heterocycles. The predicted octanol–water partition coefficient (Wildman–Crippen LogP) is -0.923. The molecule has 1 aliphatic heterocycles. The van der Waals surface area contributed by atoms with Crippen molar-refractivity contribution in [3.05, 3.63) is 47.4 Å². The number of rotatable bonds is 5. The molecule has 7 nitrogen and oxygen atoms in total. The van der Waals surface area contributed by atoms with Crippen molar-refractivity contribution in [3.63, 3.8) is 0 Å². The maximum atomic E-state index is 10.8. The molecule has 0 amide bonds. The summed E-state index contributed by atoms with van der Waals surface area (Å²) in [5.41, 5.74) is 11.7. The van der Waals surface area contributed by atoms with Crippen molar-refractivity contribution in [1.82, 2.24) is 4.90 Å². The summed E-state index contributed by atoms with van der Waals surface area (Å²) >= 11 is 0. The molecule has 0 unspecified atom stereocenters. The first-order chi connectivity index (χ1) is 9.96. The van der Waals surface area contributed by atoms with Gasteiger partial charge in [0.15, 0.2) is 0 Å². The predicted molar refractivity (Wildman–Crippen MR) is 72.5 cm³/mol. The number of hydrogen-bond donors (Lipinski definition) is 0. The number of benzene rings is 1. The van der Waals surface area contributed by atoms with Crippen LogP contribution < -0.4 is 10.2 Å². The Morgan fingerprint density at radius 2 is 1.50 bits per heavy atom. The fourth-order valence-corrected chi connectivity index (χ4v) is 2.01. The van der Waals surface area contributed by atoms with Gasteiger partial charge in [0.1, 0.15) is 0 Å². The normalized spacial score (nSPS) is 15.5. The zero-order valence-electron chi connectivity index (χ0n) is 11.8. The number of carboxylic acids is 2. The summed E-state index contributed by atoms with van der Waals surface area (Å²) in [4.78, 5) is 23.3. The van der Waals surface area contributed by atoms with Gasteiger partial charge in [-0.1, -0.05) is 30.3 Å². The van der Waals surface area contributed by atoms with Gasteiger partial charge < -0.3 is 31.3 Å². The van der Waals surface area contributed by atoms with E-state index in [1.807, 2.05) is 30.3 Å². The molecule has 1 heterocycles. The van der Waals surface area contributed by atoms with Gasteiger partial charge in [0.25, 0.3) is 0 Å². The number of nitrogens with zero attached hydrogens (tertiary/aromatic N) is 1. The molecule has 1 fully saturated rings. The largest absolute Gasteiger partial charge is 4.00 e. The standard InChI is InChI=1S/C12H13NO4.C2H6N2.Pt/c14-10(15)12(11(16)17)7-13(8-12)6-9-4-2-1-3-5-9;3-1-2-4;/h1-5H,6-8H2,(H,14,15)(H,16,17);3-4H,1-2H2;/q;-2;+4/p-2. The number of carbonyl (C=O) groups excluding carboxylic acids is 2. The van der Waals surface area contributed by atoms with E-state index in [4.69, 9.17) is 11.5 Å². The Kier molecular flexibility index (Phi) is 9.13. The van der Waals surface area contributed by atoms with E-state index in [0.29, 0.717) is 6.54 Å². The Morgan fingerprint density at radius 3 is 1.86 bits per heavy atom. The molecular weight excluding hydrogens is 469 g/mol. The molecule has 1 aliphatic rings. The van der Waals surface area contributed by atoms with Crippen LogP contribution in [0.25, 0.3) is 11.5 Å². The third-order valence-electron chi connectivity index (χ3n) is 3.14. The minimum absolute atomic E-state index is 0. The topological polar surface area (TPSA) is 131 Å². The summed E-state index contributed by atoms with van der Waals surface area (Å²) in [6.07, 6.45) is 0. The summed E-state index contributed by atoms with van der Waals surface area (Å²) in [5.74, 6) is -3.14. The third-order valence-corrected chi connectivity index (χ3v) is 3.14. The van der Waals surface area contributed by atoms with Crippen molar-refractivity contribution in [2.75, 3.05) is 26.2 Å². The van der Waals surface area contributed by atoms with E-state index in [9.17, 15) is 19.8 Å². The van der Waals surface area contributed by atoms with E-state index in [-0.39, 0.29) is 47.2 Å². The van der Waals surface area contributed by atoms with Crippen LogP contribution in [0.4, 0.5) is 0 Å². The Labute approximate surface area is 143 Å². The van der Waals surface area contributed by atoms with Crippen LogP contribution in [0.3, 0.4) is 0 Å². The van der Waals surface area contributed by atoms with E-state index in [0.717, 1.165) is 5.56 Å². The van der Waals surface area contributed by atoms with Crippen molar-refractivity contribution < 1.29 is 40.9 Å². The van der Waals surface area contributed by atoms with E-state index in [2.05, 4.69) is 0 Å². The molecule has 0 radical (unpaired) electrons. The first-order valence-electron chi connectivity index (χ1n) is 6.44. The van der Waals surface area contributed by atoms with Gasteiger partial charge in [-0.05, 0) is 5.56 Å². The van der Waals surface area contributed by atoms with Crippen LogP contribution in [0.15, 0.2) is 30.3 Å². The molecule has 2 rings (SSSR count). The zero-order chi connectivity index (χ0) is 15.9. The van der Waals surface area contributed by atoms with Gasteiger partial charge in [-0.3, -0.25) is 4.90 Å². The van der Waals surface area contributed by atoms with Crippen LogP contribution in [0.5, 0.6) is 0 Å². The molecule has 1 saturated heterocycles. The van der Waals surface area contributed by atoms with Crippen LogP contribution >= 0.6 is 0 Å². The minimum Gasteiger partial charge on any atom is -0.679 e. The molecule has 2 N–H and O–H groups in total. The Bertz CT molecular complexity index is 460. The van der Waals surface area contributed by atoms with Gasteiger partial charge in [-0.2, -0.15) is 13.1 Å². The zero-order valence-corrected chi connectivity index (χ0v) is 14.1. The average molecular weight is 486 g/mol. The monoisotopic (exact) mass is 486 g/mol. The van der Waals surface area contributed by atoms with Crippen LogP contribution in [0.1, 0.15) is 5.56 Å². The second-order valence-electron chi connectivity index (χ2n) is 4.79. The fraction of sp³-hybridized carbons (Fsp3) is 0.429. The second kappa shape index (κ2) is 9.69. The van der Waals surface area contributed by atoms with Crippen molar-refractivity contribution >= 4 is 11.9 Å². The van der Waals surface area contributed by atoms with E-state index >= 15 is 0 Å². The number of aliphatic carboxylic acids is 2. The van der Waals surface area contributed by atoms with E-state index < -0.39 is 17.4 Å². The van der Waals surface area contributed by atoms with Gasteiger partial charge in [0, 0.05) is 19.6 Å². The van der Waals surface area contributed by atoms with Gasteiger partial charge in [0.2, 0.25) is 0 Å². The van der Waals surface area contributed by atoms with Gasteiger partial charge >= 0.3 is 21.1 Å². The fourth-order valence-electron chi connectivity index (χ4n) is 2.01. The summed E-state index contributed by atoms with van der Waals surface area (Å²) < 4.78 is 0. The Balaban J connectivity index is 0.000000791. The molecule has 122 valence electrons. The smallest absolute Gasteiger partial charge is 0.679 e. The summed E-state index contributed by atoms with van der Waals surface area (Å²) in [6.45, 7) is 0.877. The molecule has 1 aromatic carbocycles. The Morgan fingerprint density at radius 1 is 1.05 bits per heavy atom. The average Bonchev–Trinajstić information content (AvgIpc) is 2.43. The molecule has 0 atom stereocenters. The summed E-state index contributed by atoms with van der Waals surface area (Å²) in [5, 5.41) is 21.6. The molecule has 0 saturated carbocycles. The molecular formula is C14H17N3O4Pt. The molecule has 8 heteroatoms. The first-order valence-corrected chi connectivity index (χ1v) is 6.44. The van der Waals surface area contributed by atoms with E-state index in [1.165, 1.54) is 0 Å². The van der Waals surface area contributed by atoms with Crippen molar-refractivity contribution in [2.24, 2.45) is 5.41 Å². The number of carboxylic acid groups (broad SMARTS) is 2. The minimum atomic E-state index is -1.84. The summed E-state index contributed by atoms with van der Waals surface area (Å²) in [7, 11) is 0. The maximum Gasteiger partial charge on any atom is 4.00 e. The molecule has 22 heavy (non-hydrogen) atoms. The van der Waals surface area contributed by atoms with E-state index in [1.54, 1.807) is 4.90 Å². The van der Waals surface area contributed by atoms with Gasteiger partial charge in [-0.15, -0.1) is 0 Å². The van der Waals surface area contributed by atoms with Crippen LogP contribution in [-0.2, 0) is 37.2 Å². The van der Waals surface area contributed by atoms with Crippen molar-refractivity contribution in [3.8, 4) is 0 Å². The number of carbonyl (C=O) groups is 2. The number of nitrogens with one attached hydrogen (secondary N) is 2. The molecule has 0 spiro atoms. The SMILES string of the molecule is O=C([O-])C1(C(=O)[O-])CN(Cc2ccccc2)C1.[NH-]CC[NH-].[Pt+4]. The summed E-state index contributed by atoms with van der Waals surface area (Å²) in [6, 6.07) is 9.43. The van der Waals surface area contributed by atoms with Gasteiger partial charge in [0.05, 0.1) is 17.4 Å². The quantitative estimate of drug-likeness (QED) is 0.497. The Hall–Kier alpha value is -1.27. The van der Waals surface area contributed by atoms with Crippen LogP contribution in [-0.4, -0.2) is 43.0 Å². The number of likely N-dealkylation sites (tertiary alicyclic amines) is 1. The van der Waals surface area contributed by atoms with Crippen molar-refractivity contribution in [1.29, 1.82) is 0 Å². The van der Waals surface area contributed by atoms with Crippen LogP contribution in [0.2, 0.25) is 0 Å². The molecule has 0 aliphatic carbocycles.